The summed E-state index contributed by atoms with van der Waals surface area (Å²) in [5.74, 6) is 0. The third-order valence-electron chi connectivity index (χ3n) is 3.87. The molecule has 0 fully saturated rings. The Morgan fingerprint density at radius 2 is 1.09 bits per heavy atom. The summed E-state index contributed by atoms with van der Waals surface area (Å²) in [6.07, 6.45) is 0. The highest BCUT2D eigenvalue weighted by Gasteiger charge is 2.25. The summed E-state index contributed by atoms with van der Waals surface area (Å²) in [7, 11) is 0. The van der Waals surface area contributed by atoms with E-state index in [9.17, 15) is 0 Å². The van der Waals surface area contributed by atoms with E-state index in [-0.39, 0.29) is 24.8 Å². The van der Waals surface area contributed by atoms with Crippen LogP contribution in [0.5, 0.6) is 0 Å². The quantitative estimate of drug-likeness (QED) is 0.348. The zero-order valence-corrected chi connectivity index (χ0v) is 15.9. The number of benzene rings is 2. The van der Waals surface area contributed by atoms with E-state index in [1.807, 2.05) is 22.7 Å². The van der Waals surface area contributed by atoms with Gasteiger partial charge in [-0.15, -0.1) is 9.13 Å². The maximum Gasteiger partial charge on any atom is 0.346 e. The van der Waals surface area contributed by atoms with Crippen LogP contribution in [0.25, 0.3) is 20.4 Å². The van der Waals surface area contributed by atoms with E-state index in [1.165, 1.54) is 30.4 Å². The van der Waals surface area contributed by atoms with Crippen molar-refractivity contribution in [3.05, 3.63) is 58.5 Å². The molecule has 0 radical (unpaired) electrons. The van der Waals surface area contributed by atoms with Crippen LogP contribution >= 0.6 is 22.7 Å². The molecular formula is C17H16Cl2N2S2. The first-order chi connectivity index (χ1) is 10.2. The monoisotopic (exact) mass is 382 g/mol. The molecule has 0 aliphatic heterocycles. The summed E-state index contributed by atoms with van der Waals surface area (Å²) >= 11 is 3.73. The molecule has 0 atom stereocenters. The summed E-state index contributed by atoms with van der Waals surface area (Å²) < 4.78 is 7.53. The number of halogens is 2. The third kappa shape index (κ3) is 3.09. The predicted octanol–water partition coefficient (Wildman–Crippen LogP) is -2.18. The second-order valence-electron chi connectivity index (χ2n) is 5.18. The number of hydrogen-bond acceptors (Lipinski definition) is 2. The number of hydrogen-bond donors (Lipinski definition) is 0. The van der Waals surface area contributed by atoms with E-state index < -0.39 is 0 Å². The number of thiazole rings is 2. The normalized spacial score (nSPS) is 10.5. The molecule has 0 aliphatic rings. The first kappa shape index (κ1) is 18.1. The van der Waals surface area contributed by atoms with Gasteiger partial charge in [0.1, 0.15) is 9.40 Å². The van der Waals surface area contributed by atoms with Crippen LogP contribution < -0.4 is 33.9 Å². The maximum absolute atomic E-state index is 2.41. The van der Waals surface area contributed by atoms with E-state index in [2.05, 4.69) is 71.5 Å². The summed E-state index contributed by atoms with van der Waals surface area (Å²) in [6, 6.07) is 17.3. The average Bonchev–Trinajstić information content (AvgIpc) is 2.97. The molecule has 0 saturated heterocycles. The van der Waals surface area contributed by atoms with Gasteiger partial charge in [0.15, 0.2) is 0 Å². The van der Waals surface area contributed by atoms with Crippen LogP contribution in [0.4, 0.5) is 0 Å². The summed E-state index contributed by atoms with van der Waals surface area (Å²) in [5.41, 5.74) is 2.64. The number of rotatable bonds is 2. The SMILES string of the molecule is Cc1sc2ccccc2[n+]1C[n+]1c(C)sc2ccccc21.[Cl-].[Cl-]. The molecule has 0 saturated carbocycles. The van der Waals surface area contributed by atoms with Gasteiger partial charge in [0, 0.05) is 26.0 Å². The van der Waals surface area contributed by atoms with Crippen molar-refractivity contribution >= 4 is 43.1 Å². The van der Waals surface area contributed by atoms with Gasteiger partial charge in [-0.2, -0.15) is 0 Å². The molecule has 2 nitrogen and oxygen atoms in total. The minimum Gasteiger partial charge on any atom is -1.00 e. The second-order valence-corrected chi connectivity index (χ2v) is 7.64. The molecule has 0 amide bonds. The minimum absolute atomic E-state index is 0. The van der Waals surface area contributed by atoms with Gasteiger partial charge in [-0.3, -0.25) is 0 Å². The largest absolute Gasteiger partial charge is 1.00 e. The lowest BCUT2D eigenvalue weighted by molar-refractivity contribution is -0.891. The van der Waals surface area contributed by atoms with Crippen molar-refractivity contribution in [1.82, 2.24) is 0 Å². The number of aromatic nitrogens is 2. The number of aryl methyl sites for hydroxylation is 2. The van der Waals surface area contributed by atoms with Crippen LogP contribution in [0.2, 0.25) is 0 Å². The predicted molar refractivity (Wildman–Crippen MR) is 88.9 cm³/mol. The van der Waals surface area contributed by atoms with Crippen LogP contribution in [-0.4, -0.2) is 0 Å². The van der Waals surface area contributed by atoms with E-state index in [1.54, 1.807) is 0 Å². The molecule has 4 aromatic rings. The fourth-order valence-corrected chi connectivity index (χ4v) is 4.82. The van der Waals surface area contributed by atoms with Gasteiger partial charge < -0.3 is 24.8 Å². The molecule has 2 aromatic carbocycles. The molecule has 120 valence electrons. The molecule has 6 heteroatoms. The lowest BCUT2D eigenvalue weighted by atomic mass is 10.3. The zero-order valence-electron chi connectivity index (χ0n) is 12.8. The van der Waals surface area contributed by atoms with Crippen molar-refractivity contribution in [3.8, 4) is 0 Å². The van der Waals surface area contributed by atoms with Crippen LogP contribution in [0.15, 0.2) is 48.5 Å². The van der Waals surface area contributed by atoms with E-state index >= 15 is 0 Å². The van der Waals surface area contributed by atoms with Crippen LogP contribution in [0.1, 0.15) is 10.0 Å². The van der Waals surface area contributed by atoms with Crippen LogP contribution in [-0.2, 0) is 6.67 Å². The molecule has 4 rings (SSSR count). The Balaban J connectivity index is 0.000000960. The van der Waals surface area contributed by atoms with Gasteiger partial charge in [-0.05, 0) is 12.1 Å². The van der Waals surface area contributed by atoms with Gasteiger partial charge in [0.25, 0.3) is 0 Å². The Hall–Kier alpha value is -1.20. The molecule has 2 aromatic heterocycles. The Morgan fingerprint density at radius 1 is 0.696 bits per heavy atom. The first-order valence-electron chi connectivity index (χ1n) is 7.00. The third-order valence-corrected chi connectivity index (χ3v) is 6.03. The molecule has 0 aliphatic carbocycles. The first-order valence-corrected chi connectivity index (χ1v) is 8.63. The molecule has 0 spiro atoms. The van der Waals surface area contributed by atoms with Gasteiger partial charge >= 0.3 is 6.67 Å². The maximum atomic E-state index is 2.41. The lowest BCUT2D eigenvalue weighted by Crippen LogP contribution is -3.00. The van der Waals surface area contributed by atoms with Crippen molar-refractivity contribution in [2.75, 3.05) is 0 Å². The second kappa shape index (κ2) is 7.14. The highest BCUT2D eigenvalue weighted by atomic mass is 35.5. The highest BCUT2D eigenvalue weighted by molar-refractivity contribution is 7.18. The Labute approximate surface area is 155 Å². The number of nitrogens with zero attached hydrogens (tertiary/aromatic N) is 2. The molecule has 2 heterocycles. The average molecular weight is 383 g/mol. The molecule has 0 bridgehead atoms. The van der Waals surface area contributed by atoms with Gasteiger partial charge in [0.05, 0.1) is 0 Å². The minimum atomic E-state index is 0. The summed E-state index contributed by atoms with van der Waals surface area (Å²) in [6.45, 7) is 5.29. The molecule has 23 heavy (non-hydrogen) atoms. The van der Waals surface area contributed by atoms with Crippen LogP contribution in [0.3, 0.4) is 0 Å². The smallest absolute Gasteiger partial charge is 0.346 e. The van der Waals surface area contributed by atoms with Crippen molar-refractivity contribution < 1.29 is 33.9 Å². The van der Waals surface area contributed by atoms with Crippen molar-refractivity contribution in [1.29, 1.82) is 0 Å². The molecule has 0 N–H and O–H groups in total. The van der Waals surface area contributed by atoms with Crippen molar-refractivity contribution in [2.45, 2.75) is 20.5 Å². The standard InChI is InChI=1S/C17H16N2S2.2ClH/c1-12-18(14-7-3-5-9-16(14)20-12)11-19-13(2)21-17-10-6-4-8-15(17)19;;/h3-10H,11H2,1-2H3;2*1H/q+2;;/p-2. The lowest BCUT2D eigenvalue weighted by Gasteiger charge is -1.94. The number of fused-ring (bicyclic) bond motifs is 2. The van der Waals surface area contributed by atoms with E-state index in [0.717, 1.165) is 6.67 Å². The van der Waals surface area contributed by atoms with Crippen molar-refractivity contribution in [3.63, 3.8) is 0 Å². The van der Waals surface area contributed by atoms with Gasteiger partial charge in [-0.1, -0.05) is 46.9 Å². The number of para-hydroxylation sites is 2. The molecular weight excluding hydrogens is 367 g/mol. The topological polar surface area (TPSA) is 7.76 Å². The fraction of sp³-hybridized carbons (Fsp3) is 0.176. The Morgan fingerprint density at radius 3 is 1.52 bits per heavy atom. The van der Waals surface area contributed by atoms with Crippen LogP contribution in [0, 0.1) is 13.8 Å². The Bertz CT molecular complexity index is 882. The van der Waals surface area contributed by atoms with E-state index in [0.29, 0.717) is 0 Å². The Kier molecular flexibility index (Phi) is 5.63. The fourth-order valence-electron chi connectivity index (χ4n) is 2.79. The van der Waals surface area contributed by atoms with Gasteiger partial charge in [0.2, 0.25) is 21.0 Å². The highest BCUT2D eigenvalue weighted by Crippen LogP contribution is 2.21. The van der Waals surface area contributed by atoms with E-state index in [4.69, 9.17) is 0 Å². The summed E-state index contributed by atoms with van der Waals surface area (Å²) in [5, 5.41) is 2.69. The van der Waals surface area contributed by atoms with Crippen molar-refractivity contribution in [2.24, 2.45) is 0 Å². The molecule has 0 unspecified atom stereocenters. The summed E-state index contributed by atoms with van der Waals surface area (Å²) in [4.78, 5) is 0. The van der Waals surface area contributed by atoms with Gasteiger partial charge in [-0.25, -0.2) is 0 Å². The zero-order chi connectivity index (χ0) is 14.4.